The van der Waals surface area contributed by atoms with Gasteiger partial charge in [0.25, 0.3) is 0 Å². The van der Waals surface area contributed by atoms with Crippen LogP contribution in [-0.4, -0.2) is 24.2 Å². The summed E-state index contributed by atoms with van der Waals surface area (Å²) in [5.74, 6) is 0.807. The number of halogens is 1. The van der Waals surface area contributed by atoms with Gasteiger partial charge in [0.2, 0.25) is 0 Å². The van der Waals surface area contributed by atoms with Crippen LogP contribution in [0.4, 0.5) is 4.39 Å². The highest BCUT2D eigenvalue weighted by Gasteiger charge is 2.41. The minimum atomic E-state index is -0.166. The van der Waals surface area contributed by atoms with Gasteiger partial charge in [-0.15, -0.1) is 0 Å². The molecule has 16 heavy (non-hydrogen) atoms. The third-order valence-corrected chi connectivity index (χ3v) is 3.93. The lowest BCUT2D eigenvalue weighted by atomic mass is 10.1. The van der Waals surface area contributed by atoms with Crippen LogP contribution in [0.5, 0.6) is 0 Å². The molecule has 0 aromatic heterocycles. The van der Waals surface area contributed by atoms with Gasteiger partial charge in [0.15, 0.2) is 0 Å². The van der Waals surface area contributed by atoms with Crippen molar-refractivity contribution in [1.29, 1.82) is 0 Å². The first-order valence-corrected chi connectivity index (χ1v) is 6.31. The summed E-state index contributed by atoms with van der Waals surface area (Å²) < 4.78 is 12.7. The van der Waals surface area contributed by atoms with Crippen LogP contribution in [0.15, 0.2) is 24.3 Å². The van der Waals surface area contributed by atoms with Gasteiger partial charge in [0.1, 0.15) is 5.82 Å². The van der Waals surface area contributed by atoms with Gasteiger partial charge in [0.05, 0.1) is 0 Å². The van der Waals surface area contributed by atoms with Crippen molar-refractivity contribution in [3.63, 3.8) is 0 Å². The second-order valence-corrected chi connectivity index (χ2v) is 5.27. The van der Waals surface area contributed by atoms with Crippen LogP contribution in [0.25, 0.3) is 0 Å². The van der Waals surface area contributed by atoms with Gasteiger partial charge in [0, 0.05) is 13.1 Å². The van der Waals surface area contributed by atoms with Gasteiger partial charge >= 0.3 is 0 Å². The molecule has 0 aliphatic heterocycles. The van der Waals surface area contributed by atoms with E-state index in [4.69, 9.17) is 0 Å². The molecule has 1 fully saturated rings. The van der Waals surface area contributed by atoms with Gasteiger partial charge in [-0.05, 0) is 48.8 Å². The van der Waals surface area contributed by atoms with E-state index < -0.39 is 0 Å². The maximum Gasteiger partial charge on any atom is 0.123 e. The van der Waals surface area contributed by atoms with Crippen molar-refractivity contribution in [3.05, 3.63) is 35.6 Å². The second-order valence-electron chi connectivity index (χ2n) is 4.96. The molecular formula is C13H18FNS. The lowest BCUT2D eigenvalue weighted by Crippen LogP contribution is -2.27. The van der Waals surface area contributed by atoms with Crippen LogP contribution in [0, 0.1) is 11.2 Å². The molecular weight excluding hydrogens is 221 g/mol. The van der Waals surface area contributed by atoms with E-state index in [-0.39, 0.29) is 5.82 Å². The fourth-order valence-corrected chi connectivity index (χ4v) is 2.49. The maximum absolute atomic E-state index is 12.7. The van der Waals surface area contributed by atoms with Crippen LogP contribution in [0.3, 0.4) is 0 Å². The molecule has 1 nitrogen and oxygen atoms in total. The molecule has 0 N–H and O–H groups in total. The Morgan fingerprint density at radius 2 is 1.94 bits per heavy atom. The molecule has 0 radical (unpaired) electrons. The van der Waals surface area contributed by atoms with E-state index >= 15 is 0 Å². The van der Waals surface area contributed by atoms with E-state index in [9.17, 15) is 4.39 Å². The summed E-state index contributed by atoms with van der Waals surface area (Å²) in [7, 11) is 2.12. The SMILES string of the molecule is CN(Cc1ccc(F)cc1)CC1(CS)CC1. The zero-order chi connectivity index (χ0) is 11.6. The highest BCUT2D eigenvalue weighted by Crippen LogP contribution is 2.46. The molecule has 1 aromatic rings. The van der Waals surface area contributed by atoms with Gasteiger partial charge < -0.3 is 4.90 Å². The summed E-state index contributed by atoms with van der Waals surface area (Å²) in [6.45, 7) is 1.98. The highest BCUT2D eigenvalue weighted by atomic mass is 32.1. The smallest absolute Gasteiger partial charge is 0.123 e. The summed E-state index contributed by atoms with van der Waals surface area (Å²) in [5, 5.41) is 0. The Labute approximate surface area is 102 Å². The average Bonchev–Trinajstić information content (AvgIpc) is 3.02. The summed E-state index contributed by atoms with van der Waals surface area (Å²) in [6.07, 6.45) is 2.59. The molecule has 0 bridgehead atoms. The predicted molar refractivity (Wildman–Crippen MR) is 68.3 cm³/mol. The molecule has 1 aliphatic rings. The Morgan fingerprint density at radius 1 is 1.31 bits per heavy atom. The van der Waals surface area contributed by atoms with Crippen LogP contribution < -0.4 is 0 Å². The number of benzene rings is 1. The molecule has 0 saturated heterocycles. The molecule has 0 unspecified atom stereocenters. The molecule has 3 heteroatoms. The van der Waals surface area contributed by atoms with Crippen molar-refractivity contribution in [1.82, 2.24) is 4.90 Å². The Hall–Kier alpha value is -0.540. The minimum Gasteiger partial charge on any atom is -0.302 e. The van der Waals surface area contributed by atoms with Crippen LogP contribution >= 0.6 is 12.6 Å². The van der Waals surface area contributed by atoms with E-state index in [1.54, 1.807) is 0 Å². The summed E-state index contributed by atoms with van der Waals surface area (Å²) in [5.41, 5.74) is 1.62. The normalized spacial score (nSPS) is 17.8. The van der Waals surface area contributed by atoms with Crippen molar-refractivity contribution in [2.24, 2.45) is 5.41 Å². The van der Waals surface area contributed by atoms with Gasteiger partial charge in [-0.1, -0.05) is 12.1 Å². The zero-order valence-electron chi connectivity index (χ0n) is 9.62. The van der Waals surface area contributed by atoms with E-state index in [0.717, 1.165) is 18.8 Å². The van der Waals surface area contributed by atoms with E-state index in [0.29, 0.717) is 5.41 Å². The average molecular weight is 239 g/mol. The lowest BCUT2D eigenvalue weighted by Gasteiger charge is -2.22. The third-order valence-electron chi connectivity index (χ3n) is 3.26. The topological polar surface area (TPSA) is 3.24 Å². The number of nitrogens with zero attached hydrogens (tertiary/aromatic N) is 1. The summed E-state index contributed by atoms with van der Waals surface area (Å²) >= 11 is 4.40. The molecule has 1 saturated carbocycles. The van der Waals surface area contributed by atoms with Crippen molar-refractivity contribution in [2.45, 2.75) is 19.4 Å². The molecule has 1 aromatic carbocycles. The molecule has 0 heterocycles. The van der Waals surface area contributed by atoms with E-state index in [1.807, 2.05) is 12.1 Å². The van der Waals surface area contributed by atoms with Crippen molar-refractivity contribution in [3.8, 4) is 0 Å². The maximum atomic E-state index is 12.7. The van der Waals surface area contributed by atoms with Gasteiger partial charge in [-0.3, -0.25) is 0 Å². The number of hydrogen-bond donors (Lipinski definition) is 1. The fourth-order valence-electron chi connectivity index (χ4n) is 2.07. The van der Waals surface area contributed by atoms with Crippen LogP contribution in [0.1, 0.15) is 18.4 Å². The van der Waals surface area contributed by atoms with Crippen molar-refractivity contribution >= 4 is 12.6 Å². The molecule has 0 amide bonds. The van der Waals surface area contributed by atoms with Crippen molar-refractivity contribution < 1.29 is 4.39 Å². The minimum absolute atomic E-state index is 0.166. The lowest BCUT2D eigenvalue weighted by molar-refractivity contribution is 0.270. The number of rotatable bonds is 5. The molecule has 1 aliphatic carbocycles. The van der Waals surface area contributed by atoms with Crippen LogP contribution in [0.2, 0.25) is 0 Å². The number of thiol groups is 1. The Balaban J connectivity index is 1.87. The first-order chi connectivity index (χ1) is 7.63. The standard InChI is InChI=1S/C13H18FNS/c1-15(9-13(10-16)6-7-13)8-11-2-4-12(14)5-3-11/h2-5,16H,6-10H2,1H3. The second kappa shape index (κ2) is 4.76. The quantitative estimate of drug-likeness (QED) is 0.773. The monoisotopic (exact) mass is 239 g/mol. The van der Waals surface area contributed by atoms with Crippen molar-refractivity contribution in [2.75, 3.05) is 19.3 Å². The summed E-state index contributed by atoms with van der Waals surface area (Å²) in [4.78, 5) is 2.30. The zero-order valence-corrected chi connectivity index (χ0v) is 10.5. The van der Waals surface area contributed by atoms with Gasteiger partial charge in [-0.2, -0.15) is 12.6 Å². The molecule has 0 spiro atoms. The Morgan fingerprint density at radius 3 is 2.44 bits per heavy atom. The highest BCUT2D eigenvalue weighted by molar-refractivity contribution is 7.80. The Bertz CT molecular complexity index is 345. The molecule has 0 atom stereocenters. The summed E-state index contributed by atoms with van der Waals surface area (Å²) in [6, 6.07) is 6.75. The number of hydrogen-bond acceptors (Lipinski definition) is 2. The molecule has 88 valence electrons. The Kier molecular flexibility index (Phi) is 3.55. The molecule has 2 rings (SSSR count). The fraction of sp³-hybridized carbons (Fsp3) is 0.538. The van der Waals surface area contributed by atoms with Gasteiger partial charge in [-0.25, -0.2) is 4.39 Å². The first kappa shape index (κ1) is 11.9. The third kappa shape index (κ3) is 2.98. The van der Waals surface area contributed by atoms with E-state index in [2.05, 4.69) is 24.6 Å². The van der Waals surface area contributed by atoms with Crippen LogP contribution in [-0.2, 0) is 6.54 Å². The van der Waals surface area contributed by atoms with E-state index in [1.165, 1.54) is 30.5 Å². The first-order valence-electron chi connectivity index (χ1n) is 5.67. The largest absolute Gasteiger partial charge is 0.302 e. The predicted octanol–water partition coefficient (Wildman–Crippen LogP) is 2.97.